The van der Waals surface area contributed by atoms with Crippen LogP contribution in [0, 0.1) is 5.41 Å². The van der Waals surface area contributed by atoms with Crippen molar-refractivity contribution in [1.29, 1.82) is 0 Å². The highest BCUT2D eigenvalue weighted by molar-refractivity contribution is 5.82. The number of rotatable bonds is 4. The molecule has 0 aliphatic rings. The lowest BCUT2D eigenvalue weighted by molar-refractivity contribution is -0.125. The van der Waals surface area contributed by atoms with Gasteiger partial charge in [0, 0.05) is 6.54 Å². The minimum atomic E-state index is -0.706. The van der Waals surface area contributed by atoms with Gasteiger partial charge in [-0.15, -0.1) is 0 Å². The summed E-state index contributed by atoms with van der Waals surface area (Å²) in [5.74, 6) is -0.238. The van der Waals surface area contributed by atoms with Gasteiger partial charge in [-0.05, 0) is 11.0 Å². The summed E-state index contributed by atoms with van der Waals surface area (Å²) in [6.45, 7) is 5.90. The second-order valence-corrected chi connectivity index (χ2v) is 5.52. The third-order valence-corrected chi connectivity index (χ3v) is 2.87. The van der Waals surface area contributed by atoms with Crippen molar-refractivity contribution in [2.24, 2.45) is 11.1 Å². The minimum Gasteiger partial charge on any atom is -0.387 e. The van der Waals surface area contributed by atoms with Crippen LogP contribution in [0.1, 0.15) is 32.4 Å². The number of nitrogens with one attached hydrogen (secondary N) is 1. The van der Waals surface area contributed by atoms with Crippen molar-refractivity contribution in [1.82, 2.24) is 5.32 Å². The molecule has 0 aliphatic heterocycles. The van der Waals surface area contributed by atoms with Crippen molar-refractivity contribution in [3.8, 4) is 0 Å². The summed E-state index contributed by atoms with van der Waals surface area (Å²) in [5, 5.41) is 12.6. The Balaban J connectivity index is 2.49. The van der Waals surface area contributed by atoms with Crippen LogP contribution in [0.15, 0.2) is 30.3 Å². The number of carbonyl (C=O) groups is 1. The first-order valence-corrected chi connectivity index (χ1v) is 6.08. The van der Waals surface area contributed by atoms with Gasteiger partial charge in [-0.1, -0.05) is 51.1 Å². The van der Waals surface area contributed by atoms with E-state index in [1.165, 1.54) is 0 Å². The number of hydrogen-bond donors (Lipinski definition) is 3. The molecule has 2 unspecified atom stereocenters. The topological polar surface area (TPSA) is 75.4 Å². The maximum atomic E-state index is 11.8. The zero-order chi connectivity index (χ0) is 13.8. The van der Waals surface area contributed by atoms with E-state index >= 15 is 0 Å². The Morgan fingerprint density at radius 3 is 2.39 bits per heavy atom. The third kappa shape index (κ3) is 4.13. The Labute approximate surface area is 108 Å². The maximum Gasteiger partial charge on any atom is 0.237 e. The molecule has 0 fully saturated rings. The fourth-order valence-electron chi connectivity index (χ4n) is 1.49. The van der Waals surface area contributed by atoms with Crippen LogP contribution in [-0.4, -0.2) is 23.6 Å². The average molecular weight is 250 g/mol. The average Bonchev–Trinajstić information content (AvgIpc) is 2.34. The summed E-state index contributed by atoms with van der Waals surface area (Å²) in [4.78, 5) is 11.8. The molecule has 0 aromatic heterocycles. The van der Waals surface area contributed by atoms with Crippen molar-refractivity contribution >= 4 is 5.91 Å². The summed E-state index contributed by atoms with van der Waals surface area (Å²) < 4.78 is 0. The molecule has 1 rings (SSSR count). The zero-order valence-corrected chi connectivity index (χ0v) is 11.2. The van der Waals surface area contributed by atoms with Gasteiger partial charge >= 0.3 is 0 Å². The van der Waals surface area contributed by atoms with E-state index < -0.39 is 12.1 Å². The monoisotopic (exact) mass is 250 g/mol. The third-order valence-electron chi connectivity index (χ3n) is 2.87. The second kappa shape index (κ2) is 5.98. The summed E-state index contributed by atoms with van der Waals surface area (Å²) in [6.07, 6.45) is -0.706. The lowest BCUT2D eigenvalue weighted by Crippen LogP contribution is -2.49. The fourth-order valence-corrected chi connectivity index (χ4v) is 1.49. The maximum absolute atomic E-state index is 11.8. The zero-order valence-electron chi connectivity index (χ0n) is 11.2. The Bertz CT molecular complexity index is 385. The van der Waals surface area contributed by atoms with Crippen LogP contribution in [-0.2, 0) is 4.79 Å². The van der Waals surface area contributed by atoms with Gasteiger partial charge in [-0.25, -0.2) is 0 Å². The summed E-state index contributed by atoms with van der Waals surface area (Å²) >= 11 is 0. The van der Waals surface area contributed by atoms with E-state index in [-0.39, 0.29) is 17.9 Å². The predicted molar refractivity (Wildman–Crippen MR) is 71.8 cm³/mol. The smallest absolute Gasteiger partial charge is 0.237 e. The van der Waals surface area contributed by atoms with Gasteiger partial charge in [0.1, 0.15) is 0 Å². The van der Waals surface area contributed by atoms with Crippen molar-refractivity contribution in [3.63, 3.8) is 0 Å². The molecule has 1 amide bonds. The Hall–Kier alpha value is -1.39. The highest BCUT2D eigenvalue weighted by Gasteiger charge is 2.27. The molecule has 0 aliphatic carbocycles. The van der Waals surface area contributed by atoms with Crippen LogP contribution >= 0.6 is 0 Å². The number of aliphatic hydroxyl groups excluding tert-OH is 1. The molecule has 0 saturated heterocycles. The number of hydrogen-bond acceptors (Lipinski definition) is 3. The Kier molecular flexibility index (Phi) is 4.87. The standard InChI is InChI=1S/C14H22N2O2/c1-14(2,3)12(15)13(18)16-9-11(17)10-7-5-4-6-8-10/h4-8,11-12,17H,9,15H2,1-3H3,(H,16,18). The van der Waals surface area contributed by atoms with E-state index in [0.29, 0.717) is 0 Å². The van der Waals surface area contributed by atoms with Crippen molar-refractivity contribution in [3.05, 3.63) is 35.9 Å². The number of benzene rings is 1. The van der Waals surface area contributed by atoms with Crippen molar-refractivity contribution in [2.75, 3.05) is 6.54 Å². The number of aliphatic hydroxyl groups is 1. The van der Waals surface area contributed by atoms with E-state index in [4.69, 9.17) is 5.73 Å². The van der Waals surface area contributed by atoms with E-state index in [9.17, 15) is 9.90 Å². The molecule has 1 aromatic carbocycles. The molecule has 0 saturated carbocycles. The van der Waals surface area contributed by atoms with E-state index in [1.54, 1.807) is 0 Å². The van der Waals surface area contributed by atoms with Gasteiger partial charge in [-0.3, -0.25) is 4.79 Å². The van der Waals surface area contributed by atoms with Gasteiger partial charge in [0.15, 0.2) is 0 Å². The highest BCUT2D eigenvalue weighted by Crippen LogP contribution is 2.17. The van der Waals surface area contributed by atoms with Crippen molar-refractivity contribution < 1.29 is 9.90 Å². The van der Waals surface area contributed by atoms with Crippen molar-refractivity contribution in [2.45, 2.75) is 32.9 Å². The summed E-state index contributed by atoms with van der Waals surface area (Å²) in [6, 6.07) is 8.63. The van der Waals surface area contributed by atoms with E-state index in [0.717, 1.165) is 5.56 Å². The first kappa shape index (κ1) is 14.7. The first-order valence-electron chi connectivity index (χ1n) is 6.08. The molecule has 18 heavy (non-hydrogen) atoms. The van der Waals surface area contributed by atoms with Crippen LogP contribution in [0.5, 0.6) is 0 Å². The Morgan fingerprint density at radius 2 is 1.89 bits per heavy atom. The first-order chi connectivity index (χ1) is 8.32. The molecule has 4 nitrogen and oxygen atoms in total. The number of carbonyl (C=O) groups excluding carboxylic acids is 1. The fraction of sp³-hybridized carbons (Fsp3) is 0.500. The minimum absolute atomic E-state index is 0.173. The molecule has 2 atom stereocenters. The molecule has 0 spiro atoms. The summed E-state index contributed by atoms with van der Waals surface area (Å²) in [5.41, 5.74) is 6.32. The SMILES string of the molecule is CC(C)(C)C(N)C(=O)NCC(O)c1ccccc1. The molecular weight excluding hydrogens is 228 g/mol. The molecule has 0 bridgehead atoms. The molecule has 4 heteroatoms. The number of amides is 1. The van der Waals surface area contributed by atoms with E-state index in [2.05, 4.69) is 5.32 Å². The lowest BCUT2D eigenvalue weighted by atomic mass is 9.87. The molecule has 100 valence electrons. The predicted octanol–water partition coefficient (Wildman–Crippen LogP) is 1.21. The quantitative estimate of drug-likeness (QED) is 0.752. The van der Waals surface area contributed by atoms with Crippen LogP contribution in [0.2, 0.25) is 0 Å². The normalized spacial score (nSPS) is 14.9. The largest absolute Gasteiger partial charge is 0.387 e. The molecular formula is C14H22N2O2. The summed E-state index contributed by atoms with van der Waals surface area (Å²) in [7, 11) is 0. The van der Waals surface area contributed by atoms with Gasteiger partial charge in [0.05, 0.1) is 12.1 Å². The van der Waals surface area contributed by atoms with Gasteiger partial charge in [0.25, 0.3) is 0 Å². The lowest BCUT2D eigenvalue weighted by Gasteiger charge is -2.26. The van der Waals surface area contributed by atoms with Crippen LogP contribution in [0.4, 0.5) is 0 Å². The Morgan fingerprint density at radius 1 is 1.33 bits per heavy atom. The molecule has 1 aromatic rings. The molecule has 0 heterocycles. The highest BCUT2D eigenvalue weighted by atomic mass is 16.3. The van der Waals surface area contributed by atoms with Crippen LogP contribution < -0.4 is 11.1 Å². The van der Waals surface area contributed by atoms with Gasteiger partial charge in [0.2, 0.25) is 5.91 Å². The van der Waals surface area contributed by atoms with Crippen LogP contribution in [0.25, 0.3) is 0 Å². The number of nitrogens with two attached hydrogens (primary N) is 1. The van der Waals surface area contributed by atoms with Crippen LogP contribution in [0.3, 0.4) is 0 Å². The molecule has 4 N–H and O–H groups in total. The molecule has 0 radical (unpaired) electrons. The van der Waals surface area contributed by atoms with E-state index in [1.807, 2.05) is 51.1 Å². The van der Waals surface area contributed by atoms with Gasteiger partial charge in [-0.2, -0.15) is 0 Å². The second-order valence-electron chi connectivity index (χ2n) is 5.52. The van der Waals surface area contributed by atoms with Gasteiger partial charge < -0.3 is 16.2 Å².